The first-order chi connectivity index (χ1) is 15.4. The number of amides is 2. The van der Waals surface area contributed by atoms with E-state index in [1.165, 1.54) is 23.5 Å². The topological polar surface area (TPSA) is 97.4 Å². The van der Waals surface area contributed by atoms with Gasteiger partial charge in [0, 0.05) is 26.2 Å². The summed E-state index contributed by atoms with van der Waals surface area (Å²) in [4.78, 5) is 14.6. The lowest BCUT2D eigenvalue weighted by atomic mass is 10.1. The van der Waals surface area contributed by atoms with Crippen molar-refractivity contribution in [2.75, 3.05) is 46.5 Å². The lowest BCUT2D eigenvalue weighted by Gasteiger charge is -2.34. The molecule has 0 unspecified atom stereocenters. The van der Waals surface area contributed by atoms with Gasteiger partial charge in [-0.25, -0.2) is 13.2 Å². The number of piperazine rings is 1. The molecule has 2 aliphatic heterocycles. The minimum absolute atomic E-state index is 0.212. The van der Waals surface area contributed by atoms with Crippen molar-refractivity contribution in [2.45, 2.75) is 17.9 Å². The minimum atomic E-state index is -3.62. The van der Waals surface area contributed by atoms with Crippen LogP contribution in [0.5, 0.6) is 17.2 Å². The minimum Gasteiger partial charge on any atom is -0.497 e. The number of hydrogen-bond donors (Lipinski definition) is 1. The van der Waals surface area contributed by atoms with Crippen LogP contribution in [0.15, 0.2) is 47.4 Å². The quantitative estimate of drug-likeness (QED) is 0.734. The number of ether oxygens (including phenoxy) is 3. The molecule has 0 bridgehead atoms. The Morgan fingerprint density at radius 1 is 1.00 bits per heavy atom. The molecular formula is C22H27N3O6S. The van der Waals surface area contributed by atoms with Crippen LogP contribution >= 0.6 is 0 Å². The third-order valence-corrected chi connectivity index (χ3v) is 7.54. The van der Waals surface area contributed by atoms with E-state index in [0.717, 1.165) is 5.56 Å². The zero-order valence-corrected chi connectivity index (χ0v) is 18.9. The number of carbonyl (C=O) groups is 1. The number of nitrogens with one attached hydrogen (secondary N) is 1. The van der Waals surface area contributed by atoms with E-state index in [-0.39, 0.29) is 30.1 Å². The van der Waals surface area contributed by atoms with Gasteiger partial charge in [-0.15, -0.1) is 0 Å². The largest absolute Gasteiger partial charge is 0.497 e. The van der Waals surface area contributed by atoms with Gasteiger partial charge in [0.1, 0.15) is 19.0 Å². The van der Waals surface area contributed by atoms with E-state index in [9.17, 15) is 13.2 Å². The van der Waals surface area contributed by atoms with Gasteiger partial charge in [0.05, 0.1) is 18.0 Å². The first-order valence-electron chi connectivity index (χ1n) is 10.5. The molecule has 0 radical (unpaired) electrons. The number of urea groups is 1. The molecule has 1 fully saturated rings. The summed E-state index contributed by atoms with van der Waals surface area (Å²) < 4.78 is 43.4. The van der Waals surface area contributed by atoms with Gasteiger partial charge in [0.2, 0.25) is 10.0 Å². The summed E-state index contributed by atoms with van der Waals surface area (Å²) in [5.41, 5.74) is 0.906. The highest BCUT2D eigenvalue weighted by molar-refractivity contribution is 7.89. The highest BCUT2D eigenvalue weighted by Crippen LogP contribution is 2.32. The van der Waals surface area contributed by atoms with Crippen LogP contribution in [0.4, 0.5) is 4.79 Å². The normalized spacial score (nSPS) is 17.5. The maximum Gasteiger partial charge on any atom is 0.317 e. The zero-order chi connectivity index (χ0) is 22.7. The molecule has 4 rings (SSSR count). The van der Waals surface area contributed by atoms with Crippen molar-refractivity contribution in [1.29, 1.82) is 0 Å². The van der Waals surface area contributed by atoms with Gasteiger partial charge in [0.25, 0.3) is 0 Å². The summed E-state index contributed by atoms with van der Waals surface area (Å²) in [7, 11) is -2.09. The molecule has 0 aliphatic carbocycles. The number of sulfonamides is 1. The van der Waals surface area contributed by atoms with Crippen molar-refractivity contribution in [3.05, 3.63) is 48.0 Å². The fourth-order valence-corrected chi connectivity index (χ4v) is 5.14. The summed E-state index contributed by atoms with van der Waals surface area (Å²) >= 11 is 0. The second kappa shape index (κ2) is 9.25. The first-order valence-corrected chi connectivity index (χ1v) is 11.9. The van der Waals surface area contributed by atoms with E-state index >= 15 is 0 Å². The smallest absolute Gasteiger partial charge is 0.317 e. The Labute approximate surface area is 187 Å². The number of benzene rings is 2. The molecule has 0 saturated carbocycles. The molecule has 1 atom stereocenters. The number of methoxy groups -OCH3 is 1. The van der Waals surface area contributed by atoms with Crippen LogP contribution in [-0.2, 0) is 10.0 Å². The predicted octanol–water partition coefficient (Wildman–Crippen LogP) is 2.24. The first kappa shape index (κ1) is 22.2. The Morgan fingerprint density at radius 2 is 1.66 bits per heavy atom. The van der Waals surface area contributed by atoms with Crippen LogP contribution in [-0.4, -0.2) is 70.2 Å². The van der Waals surface area contributed by atoms with Crippen LogP contribution in [0, 0.1) is 0 Å². The van der Waals surface area contributed by atoms with E-state index in [4.69, 9.17) is 14.2 Å². The molecule has 2 aliphatic rings. The number of fused-ring (bicyclic) bond motifs is 1. The van der Waals surface area contributed by atoms with Crippen molar-refractivity contribution in [2.24, 2.45) is 0 Å². The third kappa shape index (κ3) is 4.61. The van der Waals surface area contributed by atoms with E-state index < -0.39 is 10.0 Å². The molecule has 2 aromatic carbocycles. The number of carbonyl (C=O) groups excluding carboxylic acids is 1. The van der Waals surface area contributed by atoms with Crippen LogP contribution in [0.2, 0.25) is 0 Å². The van der Waals surface area contributed by atoms with Crippen molar-refractivity contribution < 1.29 is 27.4 Å². The second-order valence-electron chi connectivity index (χ2n) is 7.64. The summed E-state index contributed by atoms with van der Waals surface area (Å²) in [6, 6.07) is 11.5. The number of nitrogens with zero attached hydrogens (tertiary/aromatic N) is 2. The maximum absolute atomic E-state index is 12.9. The molecule has 172 valence electrons. The molecular weight excluding hydrogens is 434 g/mol. The molecule has 32 heavy (non-hydrogen) atoms. The zero-order valence-electron chi connectivity index (χ0n) is 18.1. The van der Waals surface area contributed by atoms with Gasteiger partial charge in [-0.05, 0) is 48.9 Å². The lowest BCUT2D eigenvalue weighted by molar-refractivity contribution is 0.168. The van der Waals surface area contributed by atoms with Gasteiger partial charge in [-0.2, -0.15) is 4.31 Å². The van der Waals surface area contributed by atoms with Gasteiger partial charge < -0.3 is 24.4 Å². The molecule has 1 saturated heterocycles. The maximum atomic E-state index is 12.9. The molecule has 2 aromatic rings. The second-order valence-corrected chi connectivity index (χ2v) is 9.58. The lowest BCUT2D eigenvalue weighted by Crippen LogP contribution is -2.53. The fraction of sp³-hybridized carbons (Fsp3) is 0.409. The SMILES string of the molecule is COc1ccc(S(=O)(=O)N2CCN(C(=O)N[C@@H](C)c3ccc4c(c3)OCCO4)CC2)cc1. The van der Waals surface area contributed by atoms with Crippen LogP contribution in [0.1, 0.15) is 18.5 Å². The molecule has 1 N–H and O–H groups in total. The monoisotopic (exact) mass is 461 g/mol. The van der Waals surface area contributed by atoms with Crippen LogP contribution in [0.3, 0.4) is 0 Å². The predicted molar refractivity (Wildman–Crippen MR) is 118 cm³/mol. The summed E-state index contributed by atoms with van der Waals surface area (Å²) in [6.07, 6.45) is 0. The number of rotatable bonds is 5. The third-order valence-electron chi connectivity index (χ3n) is 5.63. The summed E-state index contributed by atoms with van der Waals surface area (Å²) in [5.74, 6) is 1.97. The Kier molecular flexibility index (Phi) is 6.43. The average molecular weight is 462 g/mol. The van der Waals surface area contributed by atoms with Crippen molar-refractivity contribution >= 4 is 16.1 Å². The van der Waals surface area contributed by atoms with Gasteiger partial charge in [-0.1, -0.05) is 6.07 Å². The van der Waals surface area contributed by atoms with Crippen molar-refractivity contribution in [3.63, 3.8) is 0 Å². The van der Waals surface area contributed by atoms with Crippen molar-refractivity contribution in [3.8, 4) is 17.2 Å². The van der Waals surface area contributed by atoms with Gasteiger partial charge in [0.15, 0.2) is 11.5 Å². The molecule has 10 heteroatoms. The average Bonchev–Trinajstić information content (AvgIpc) is 2.83. The van der Waals surface area contributed by atoms with E-state index in [1.54, 1.807) is 17.0 Å². The standard InChI is InChI=1S/C22H27N3O6S/c1-16(17-3-8-20-21(15-17)31-14-13-30-20)23-22(26)24-9-11-25(12-10-24)32(27,28)19-6-4-18(29-2)5-7-19/h3-8,15-16H,9-14H2,1-2H3,(H,23,26)/t16-/m0/s1. The fourth-order valence-electron chi connectivity index (χ4n) is 3.72. The highest BCUT2D eigenvalue weighted by atomic mass is 32.2. The Hall–Kier alpha value is -2.98. The van der Waals surface area contributed by atoms with E-state index in [2.05, 4.69) is 5.32 Å². The Balaban J connectivity index is 1.34. The van der Waals surface area contributed by atoms with Crippen molar-refractivity contribution in [1.82, 2.24) is 14.5 Å². The van der Waals surface area contributed by atoms with E-state index in [1.807, 2.05) is 25.1 Å². The van der Waals surface area contributed by atoms with Crippen LogP contribution in [0.25, 0.3) is 0 Å². The summed E-state index contributed by atoms with van der Waals surface area (Å²) in [6.45, 7) is 4.03. The molecule has 0 spiro atoms. The Morgan fingerprint density at radius 3 is 2.31 bits per heavy atom. The van der Waals surface area contributed by atoms with Gasteiger partial charge >= 0.3 is 6.03 Å². The number of hydrogen-bond acceptors (Lipinski definition) is 6. The molecule has 2 heterocycles. The molecule has 9 nitrogen and oxygen atoms in total. The van der Waals surface area contributed by atoms with Gasteiger partial charge in [-0.3, -0.25) is 0 Å². The van der Waals surface area contributed by atoms with Crippen LogP contribution < -0.4 is 19.5 Å². The van der Waals surface area contributed by atoms with E-state index in [0.29, 0.717) is 43.6 Å². The molecule has 2 amide bonds. The highest BCUT2D eigenvalue weighted by Gasteiger charge is 2.30. The summed E-state index contributed by atoms with van der Waals surface area (Å²) in [5, 5.41) is 2.98. The molecule has 0 aromatic heterocycles. The Bertz CT molecular complexity index is 1070.